The largest absolute Gasteiger partial charge is 0.340 e. The molecule has 2 amide bonds. The van der Waals surface area contributed by atoms with Crippen LogP contribution in [0, 0.1) is 5.92 Å². The van der Waals surface area contributed by atoms with Crippen molar-refractivity contribution in [3.8, 4) is 0 Å². The molecule has 3 heterocycles. The number of piperazine rings is 1. The van der Waals surface area contributed by atoms with Crippen molar-refractivity contribution in [2.24, 2.45) is 5.92 Å². The minimum Gasteiger partial charge on any atom is -0.339 e. The van der Waals surface area contributed by atoms with E-state index in [0.29, 0.717) is 36.4 Å². The number of pyridine rings is 1. The van der Waals surface area contributed by atoms with E-state index in [1.165, 1.54) is 0 Å². The van der Waals surface area contributed by atoms with E-state index in [1.54, 1.807) is 23.2 Å². The molecule has 0 N–H and O–H groups in total. The average Bonchev–Trinajstić information content (AvgIpc) is 3.39. The summed E-state index contributed by atoms with van der Waals surface area (Å²) in [6.07, 6.45) is 3.58. The van der Waals surface area contributed by atoms with Gasteiger partial charge < -0.3 is 9.80 Å². The van der Waals surface area contributed by atoms with Crippen LogP contribution in [0.25, 0.3) is 10.2 Å². The highest BCUT2D eigenvalue weighted by molar-refractivity contribution is 7.14. The summed E-state index contributed by atoms with van der Waals surface area (Å²) in [6.45, 7) is 2.01. The summed E-state index contributed by atoms with van der Waals surface area (Å²) in [5.41, 5.74) is -0.320. The topological polar surface area (TPSA) is 75.5 Å². The predicted molar refractivity (Wildman–Crippen MR) is 85.6 cm³/mol. The third-order valence-electron chi connectivity index (χ3n) is 4.33. The summed E-state index contributed by atoms with van der Waals surface area (Å²) in [5, 5.41) is 0.466. The molecule has 1 aliphatic heterocycles. The molecule has 0 aromatic carbocycles. The fourth-order valence-corrected chi connectivity index (χ4v) is 3.73. The Balaban J connectivity index is 1.50. The zero-order chi connectivity index (χ0) is 16.0. The van der Waals surface area contributed by atoms with Crippen molar-refractivity contribution in [1.29, 1.82) is 0 Å². The molecule has 2 aliphatic rings. The minimum absolute atomic E-state index is 0.202. The second-order valence-electron chi connectivity index (χ2n) is 5.92. The molecule has 8 heteroatoms. The van der Waals surface area contributed by atoms with Crippen LogP contribution < -0.4 is 5.56 Å². The maximum atomic E-state index is 12.6. The third-order valence-corrected chi connectivity index (χ3v) is 5.33. The van der Waals surface area contributed by atoms with Crippen molar-refractivity contribution >= 4 is 33.7 Å². The van der Waals surface area contributed by atoms with E-state index in [9.17, 15) is 14.4 Å². The quantitative estimate of drug-likeness (QED) is 0.780. The molecule has 1 saturated heterocycles. The Labute approximate surface area is 136 Å². The molecule has 7 nitrogen and oxygen atoms in total. The van der Waals surface area contributed by atoms with Crippen LogP contribution in [0.5, 0.6) is 0 Å². The second-order valence-corrected chi connectivity index (χ2v) is 6.85. The van der Waals surface area contributed by atoms with Crippen molar-refractivity contribution in [3.63, 3.8) is 0 Å². The maximum absolute atomic E-state index is 12.6. The predicted octanol–water partition coefficient (Wildman–Crippen LogP) is 0.980. The molecule has 0 atom stereocenters. The van der Waals surface area contributed by atoms with Gasteiger partial charge in [0.15, 0.2) is 0 Å². The van der Waals surface area contributed by atoms with Gasteiger partial charge in [0.1, 0.15) is 4.83 Å². The molecule has 120 valence electrons. The fourth-order valence-electron chi connectivity index (χ4n) is 2.82. The summed E-state index contributed by atoms with van der Waals surface area (Å²) in [7, 11) is 0. The van der Waals surface area contributed by atoms with E-state index < -0.39 is 0 Å². The van der Waals surface area contributed by atoms with Crippen LogP contribution in [-0.2, 0) is 4.79 Å². The van der Waals surface area contributed by atoms with Gasteiger partial charge in [-0.2, -0.15) is 3.96 Å². The van der Waals surface area contributed by atoms with Crippen LogP contribution in [0.4, 0.5) is 4.79 Å². The summed E-state index contributed by atoms with van der Waals surface area (Å²) in [6, 6.07) is 3.04. The van der Waals surface area contributed by atoms with E-state index >= 15 is 0 Å². The molecule has 2 fully saturated rings. The van der Waals surface area contributed by atoms with Gasteiger partial charge >= 0.3 is 6.03 Å². The smallest absolute Gasteiger partial charge is 0.339 e. The molecule has 4 rings (SSSR count). The van der Waals surface area contributed by atoms with Gasteiger partial charge in [-0.05, 0) is 36.5 Å². The van der Waals surface area contributed by atoms with Crippen molar-refractivity contribution in [2.45, 2.75) is 12.8 Å². The van der Waals surface area contributed by atoms with E-state index in [-0.39, 0.29) is 23.4 Å². The molecule has 1 aliphatic carbocycles. The number of fused-ring (bicyclic) bond motifs is 1. The van der Waals surface area contributed by atoms with Gasteiger partial charge in [0, 0.05) is 38.3 Å². The zero-order valence-corrected chi connectivity index (χ0v) is 13.3. The number of aromatic nitrogens is 2. The molecule has 2 aromatic rings. The molecule has 2 aromatic heterocycles. The molecule has 23 heavy (non-hydrogen) atoms. The summed E-state index contributed by atoms with van der Waals surface area (Å²) in [5.74, 6) is 0.411. The lowest BCUT2D eigenvalue weighted by Gasteiger charge is -2.34. The van der Waals surface area contributed by atoms with Crippen LogP contribution in [-0.4, -0.2) is 56.9 Å². The van der Waals surface area contributed by atoms with E-state index in [1.807, 2.05) is 4.90 Å². The number of carbonyl (C=O) groups excluding carboxylic acids is 2. The SMILES string of the molecule is O=C(C1CC1)N1CCN(C(=O)n2sc3ncccc3c2=O)CC1. The first-order valence-corrected chi connectivity index (χ1v) is 8.47. The highest BCUT2D eigenvalue weighted by Gasteiger charge is 2.35. The number of hydrogen-bond donors (Lipinski definition) is 0. The Kier molecular flexibility index (Phi) is 3.41. The summed E-state index contributed by atoms with van der Waals surface area (Å²) in [4.78, 5) is 45.1. The molecule has 0 spiro atoms. The maximum Gasteiger partial charge on any atom is 0.340 e. The lowest BCUT2D eigenvalue weighted by Crippen LogP contribution is -2.52. The Morgan fingerprint density at radius 2 is 1.83 bits per heavy atom. The van der Waals surface area contributed by atoms with Crippen LogP contribution >= 0.6 is 11.5 Å². The van der Waals surface area contributed by atoms with Crippen molar-refractivity contribution in [3.05, 3.63) is 28.7 Å². The first kappa shape index (κ1) is 14.4. The minimum atomic E-state index is -0.323. The van der Waals surface area contributed by atoms with E-state index in [4.69, 9.17) is 0 Å². The Morgan fingerprint density at radius 3 is 2.48 bits per heavy atom. The van der Waals surface area contributed by atoms with Crippen LogP contribution in [0.1, 0.15) is 12.8 Å². The molecular formula is C15H16N4O3S. The second kappa shape index (κ2) is 5.45. The Hall–Kier alpha value is -2.22. The van der Waals surface area contributed by atoms with Crippen LogP contribution in [0.3, 0.4) is 0 Å². The van der Waals surface area contributed by atoms with Crippen molar-refractivity contribution in [2.75, 3.05) is 26.2 Å². The van der Waals surface area contributed by atoms with Crippen LogP contribution in [0.15, 0.2) is 23.1 Å². The van der Waals surface area contributed by atoms with Crippen molar-refractivity contribution in [1.82, 2.24) is 18.7 Å². The van der Waals surface area contributed by atoms with Gasteiger partial charge in [-0.25, -0.2) is 9.78 Å². The summed E-state index contributed by atoms with van der Waals surface area (Å²) < 4.78 is 1.16. The number of amides is 2. The van der Waals surface area contributed by atoms with Gasteiger partial charge in [0.05, 0.1) is 5.39 Å². The Bertz CT molecular complexity index is 831. The summed E-state index contributed by atoms with van der Waals surface area (Å²) >= 11 is 1.07. The highest BCUT2D eigenvalue weighted by atomic mass is 32.1. The monoisotopic (exact) mass is 332 g/mol. The normalized spacial score (nSPS) is 18.4. The van der Waals surface area contributed by atoms with Gasteiger partial charge in [-0.3, -0.25) is 9.59 Å². The van der Waals surface area contributed by atoms with Gasteiger partial charge in [-0.1, -0.05) is 0 Å². The number of nitrogens with zero attached hydrogens (tertiary/aromatic N) is 4. The standard InChI is InChI=1S/C15H16N4O3S/c20-13(10-3-4-10)17-6-8-18(9-7-17)15(22)19-14(21)11-2-1-5-16-12(11)23-19/h1-2,5,10H,3-4,6-9H2. The fraction of sp³-hybridized carbons (Fsp3) is 0.467. The molecule has 0 radical (unpaired) electrons. The Morgan fingerprint density at radius 1 is 1.13 bits per heavy atom. The van der Waals surface area contributed by atoms with E-state index in [2.05, 4.69) is 4.98 Å². The lowest BCUT2D eigenvalue weighted by atomic mass is 10.3. The number of hydrogen-bond acceptors (Lipinski definition) is 5. The third kappa shape index (κ3) is 2.52. The van der Waals surface area contributed by atoms with E-state index in [0.717, 1.165) is 28.3 Å². The molecular weight excluding hydrogens is 316 g/mol. The molecule has 0 bridgehead atoms. The van der Waals surface area contributed by atoms with Crippen molar-refractivity contribution < 1.29 is 9.59 Å². The van der Waals surface area contributed by atoms with Gasteiger partial charge in [0.2, 0.25) is 5.91 Å². The first-order valence-electron chi connectivity index (χ1n) is 7.70. The molecule has 0 unspecified atom stereocenters. The number of rotatable bonds is 1. The lowest BCUT2D eigenvalue weighted by molar-refractivity contribution is -0.133. The van der Waals surface area contributed by atoms with Gasteiger partial charge in [0.25, 0.3) is 5.56 Å². The highest BCUT2D eigenvalue weighted by Crippen LogP contribution is 2.31. The number of carbonyl (C=O) groups is 2. The molecule has 1 saturated carbocycles. The van der Waals surface area contributed by atoms with Crippen LogP contribution in [0.2, 0.25) is 0 Å². The van der Waals surface area contributed by atoms with Gasteiger partial charge in [-0.15, -0.1) is 0 Å². The first-order chi connectivity index (χ1) is 11.1. The zero-order valence-electron chi connectivity index (χ0n) is 12.5. The average molecular weight is 332 g/mol.